The Labute approximate surface area is 119 Å². The number of aromatic nitrogens is 2. The van der Waals surface area contributed by atoms with Crippen LogP contribution in [0.2, 0.25) is 0 Å². The Kier molecular flexibility index (Phi) is 3.13. The molecule has 1 saturated carbocycles. The fourth-order valence-electron chi connectivity index (χ4n) is 1.74. The number of carboxylic acids is 1. The van der Waals surface area contributed by atoms with Gasteiger partial charge in [-0.25, -0.2) is 17.9 Å². The van der Waals surface area contributed by atoms with Gasteiger partial charge in [0.25, 0.3) is 10.0 Å². The normalized spacial score (nSPS) is 14.9. The van der Waals surface area contributed by atoms with Crippen molar-refractivity contribution < 1.29 is 22.7 Å². The molecule has 1 aromatic heterocycles. The largest absolute Gasteiger partial charge is 0.478 e. The predicted octanol–water partition coefficient (Wildman–Crippen LogP) is 1.45. The molecule has 1 fully saturated rings. The topological polar surface area (TPSA) is 122 Å². The summed E-state index contributed by atoms with van der Waals surface area (Å²) in [5.74, 6) is -0.584. The zero-order chi connectivity index (χ0) is 15.0. The number of carboxylic acid groups (broad SMARTS) is 1. The number of carbonyl (C=O) groups is 1. The van der Waals surface area contributed by atoms with E-state index in [0.29, 0.717) is 5.89 Å². The van der Waals surface area contributed by atoms with E-state index in [1.807, 2.05) is 0 Å². The van der Waals surface area contributed by atoms with Gasteiger partial charge in [0, 0.05) is 5.92 Å². The van der Waals surface area contributed by atoms with E-state index in [2.05, 4.69) is 14.9 Å². The van der Waals surface area contributed by atoms with E-state index < -0.39 is 16.0 Å². The van der Waals surface area contributed by atoms with Crippen LogP contribution in [0.15, 0.2) is 33.6 Å². The van der Waals surface area contributed by atoms with Gasteiger partial charge >= 0.3 is 12.0 Å². The van der Waals surface area contributed by atoms with Crippen LogP contribution in [0.3, 0.4) is 0 Å². The zero-order valence-electron chi connectivity index (χ0n) is 10.7. The third-order valence-corrected chi connectivity index (χ3v) is 4.30. The van der Waals surface area contributed by atoms with E-state index >= 15 is 0 Å². The number of nitrogens with zero attached hydrogens (tertiary/aromatic N) is 2. The lowest BCUT2D eigenvalue weighted by atomic mass is 10.2. The minimum Gasteiger partial charge on any atom is -0.478 e. The Bertz CT molecular complexity index is 795. The number of sulfonamides is 1. The van der Waals surface area contributed by atoms with Crippen molar-refractivity contribution in [1.29, 1.82) is 0 Å². The van der Waals surface area contributed by atoms with Gasteiger partial charge in [-0.15, -0.1) is 5.10 Å². The second-order valence-electron chi connectivity index (χ2n) is 4.66. The van der Waals surface area contributed by atoms with Gasteiger partial charge in [0.2, 0.25) is 5.89 Å². The number of rotatable bonds is 5. The van der Waals surface area contributed by atoms with Crippen LogP contribution in [-0.2, 0) is 10.0 Å². The van der Waals surface area contributed by atoms with Gasteiger partial charge in [-0.1, -0.05) is 11.2 Å². The highest BCUT2D eigenvalue weighted by Crippen LogP contribution is 2.39. The van der Waals surface area contributed by atoms with Crippen LogP contribution in [0.25, 0.3) is 0 Å². The highest BCUT2D eigenvalue weighted by Gasteiger charge is 2.30. The van der Waals surface area contributed by atoms with E-state index in [-0.39, 0.29) is 22.4 Å². The minimum atomic E-state index is -3.97. The molecule has 1 aliphatic carbocycles. The molecular weight excluding hydrogens is 298 g/mol. The van der Waals surface area contributed by atoms with Crippen LogP contribution in [-0.4, -0.2) is 29.7 Å². The van der Waals surface area contributed by atoms with E-state index in [1.165, 1.54) is 18.2 Å². The molecule has 21 heavy (non-hydrogen) atoms. The third-order valence-electron chi connectivity index (χ3n) is 2.98. The Morgan fingerprint density at radius 3 is 2.76 bits per heavy atom. The molecule has 0 bridgehead atoms. The van der Waals surface area contributed by atoms with E-state index in [9.17, 15) is 13.2 Å². The Morgan fingerprint density at radius 1 is 1.33 bits per heavy atom. The maximum atomic E-state index is 12.1. The predicted molar refractivity (Wildman–Crippen MR) is 70.5 cm³/mol. The lowest BCUT2D eigenvalue weighted by Gasteiger charge is -2.04. The summed E-state index contributed by atoms with van der Waals surface area (Å²) in [7, 11) is -3.97. The smallest absolute Gasteiger partial charge is 0.335 e. The van der Waals surface area contributed by atoms with Crippen molar-refractivity contribution in [2.24, 2.45) is 0 Å². The summed E-state index contributed by atoms with van der Waals surface area (Å²) in [6.07, 6.45) is 1.91. The first kappa shape index (κ1) is 13.6. The number of hydrogen-bond donors (Lipinski definition) is 2. The molecule has 1 aromatic carbocycles. The molecule has 0 radical (unpaired) electrons. The van der Waals surface area contributed by atoms with Crippen molar-refractivity contribution in [2.45, 2.75) is 23.7 Å². The number of hydrogen-bond acceptors (Lipinski definition) is 6. The number of nitrogens with one attached hydrogen (secondary N) is 1. The summed E-state index contributed by atoms with van der Waals surface area (Å²) in [5, 5.41) is 16.3. The van der Waals surface area contributed by atoms with Crippen molar-refractivity contribution in [2.75, 3.05) is 4.72 Å². The van der Waals surface area contributed by atoms with Gasteiger partial charge in [-0.05, 0) is 31.0 Å². The third kappa shape index (κ3) is 2.87. The van der Waals surface area contributed by atoms with Crippen molar-refractivity contribution in [3.63, 3.8) is 0 Å². The molecule has 2 aromatic rings. The van der Waals surface area contributed by atoms with Crippen LogP contribution >= 0.6 is 0 Å². The fourth-order valence-corrected chi connectivity index (χ4v) is 2.71. The van der Waals surface area contributed by atoms with Crippen molar-refractivity contribution >= 4 is 22.0 Å². The number of aromatic carboxylic acids is 1. The molecule has 0 unspecified atom stereocenters. The first-order valence-electron chi connectivity index (χ1n) is 6.15. The minimum absolute atomic E-state index is 0.123. The molecule has 0 atom stereocenters. The molecule has 0 aliphatic heterocycles. The average Bonchev–Trinajstić information content (AvgIpc) is 3.20. The molecule has 9 heteroatoms. The molecule has 0 spiro atoms. The number of benzene rings is 1. The summed E-state index contributed by atoms with van der Waals surface area (Å²) >= 11 is 0. The molecule has 0 saturated heterocycles. The van der Waals surface area contributed by atoms with E-state index in [4.69, 9.17) is 9.52 Å². The molecule has 110 valence electrons. The summed E-state index contributed by atoms with van der Waals surface area (Å²) in [5.41, 5.74) is -0.123. The van der Waals surface area contributed by atoms with Gasteiger partial charge in [0.05, 0.1) is 10.5 Å². The highest BCUT2D eigenvalue weighted by atomic mass is 32.2. The second kappa shape index (κ2) is 4.85. The van der Waals surface area contributed by atoms with Crippen LogP contribution in [0.4, 0.5) is 6.01 Å². The molecular formula is C12H11N3O5S. The van der Waals surface area contributed by atoms with Gasteiger partial charge in [0.1, 0.15) is 0 Å². The quantitative estimate of drug-likeness (QED) is 0.856. The number of anilines is 1. The summed E-state index contributed by atoms with van der Waals surface area (Å²) < 4.78 is 31.6. The highest BCUT2D eigenvalue weighted by molar-refractivity contribution is 7.92. The van der Waals surface area contributed by atoms with Gasteiger partial charge < -0.3 is 9.52 Å². The Balaban J connectivity index is 1.85. The molecule has 3 rings (SSSR count). The van der Waals surface area contributed by atoms with Gasteiger partial charge in [-0.3, -0.25) is 0 Å². The maximum Gasteiger partial charge on any atom is 0.335 e. The van der Waals surface area contributed by atoms with Crippen molar-refractivity contribution in [3.8, 4) is 0 Å². The summed E-state index contributed by atoms with van der Waals surface area (Å²) in [4.78, 5) is 10.7. The molecule has 8 nitrogen and oxygen atoms in total. The van der Waals surface area contributed by atoms with Crippen molar-refractivity contribution in [3.05, 3.63) is 35.7 Å². The first-order chi connectivity index (χ1) is 9.95. The molecule has 2 N–H and O–H groups in total. The van der Waals surface area contributed by atoms with Crippen LogP contribution in [0, 0.1) is 0 Å². The van der Waals surface area contributed by atoms with E-state index in [1.54, 1.807) is 0 Å². The Morgan fingerprint density at radius 2 is 2.10 bits per heavy atom. The molecule has 1 heterocycles. The van der Waals surface area contributed by atoms with Crippen LogP contribution in [0.1, 0.15) is 35.0 Å². The average molecular weight is 309 g/mol. The van der Waals surface area contributed by atoms with E-state index in [0.717, 1.165) is 18.9 Å². The van der Waals surface area contributed by atoms with Gasteiger partial charge in [0.15, 0.2) is 0 Å². The lowest BCUT2D eigenvalue weighted by Crippen LogP contribution is -2.14. The molecule has 0 amide bonds. The SMILES string of the molecule is O=C(O)c1cccc(S(=O)(=O)Nc2nnc(C3CC3)o2)c1. The standard InChI is InChI=1S/C12H11N3O5S/c16-11(17)8-2-1-3-9(6-8)21(18,19)15-12-14-13-10(20-12)7-4-5-7/h1-3,6-7H,4-5H2,(H,14,15)(H,16,17). The summed E-state index contributed by atoms with van der Waals surface area (Å²) in [6.45, 7) is 0. The Hall–Kier alpha value is -2.42. The zero-order valence-corrected chi connectivity index (χ0v) is 11.5. The lowest BCUT2D eigenvalue weighted by molar-refractivity contribution is 0.0696. The summed E-state index contributed by atoms with van der Waals surface area (Å²) in [6, 6.07) is 4.77. The molecule has 1 aliphatic rings. The van der Waals surface area contributed by atoms with Crippen molar-refractivity contribution in [1.82, 2.24) is 10.2 Å². The maximum absolute atomic E-state index is 12.1. The van der Waals surface area contributed by atoms with Gasteiger partial charge in [-0.2, -0.15) is 0 Å². The first-order valence-corrected chi connectivity index (χ1v) is 7.63. The fraction of sp³-hybridized carbons (Fsp3) is 0.250. The second-order valence-corrected chi connectivity index (χ2v) is 6.34. The van der Waals surface area contributed by atoms with Crippen LogP contribution in [0.5, 0.6) is 0 Å². The monoisotopic (exact) mass is 309 g/mol. The van der Waals surface area contributed by atoms with Crippen LogP contribution < -0.4 is 4.72 Å².